The molecule has 1 fully saturated rings. The molecule has 4 nitrogen and oxygen atoms in total. The predicted molar refractivity (Wildman–Crippen MR) is 76.2 cm³/mol. The van der Waals surface area contributed by atoms with Crippen LogP contribution >= 0.6 is 0 Å². The third-order valence-corrected chi connectivity index (χ3v) is 3.66. The van der Waals surface area contributed by atoms with E-state index in [1.807, 2.05) is 44.2 Å². The van der Waals surface area contributed by atoms with Crippen molar-refractivity contribution < 1.29 is 14.3 Å². The molecule has 4 heteroatoms. The fraction of sp³-hybridized carbons (Fsp3) is 0.500. The molecule has 2 amide bonds. The summed E-state index contributed by atoms with van der Waals surface area (Å²) in [5, 5.41) is 0. The largest absolute Gasteiger partial charge is 0.447 e. The van der Waals surface area contributed by atoms with E-state index in [9.17, 15) is 9.59 Å². The fourth-order valence-corrected chi connectivity index (χ4v) is 2.56. The molecule has 1 heterocycles. The molecule has 0 bridgehead atoms. The molecule has 1 saturated heterocycles. The lowest BCUT2D eigenvalue weighted by Gasteiger charge is -2.22. The second kappa shape index (κ2) is 6.55. The van der Waals surface area contributed by atoms with E-state index in [1.165, 1.54) is 4.90 Å². The van der Waals surface area contributed by atoms with Gasteiger partial charge < -0.3 is 4.74 Å². The molecule has 2 rings (SSSR count). The van der Waals surface area contributed by atoms with Crippen molar-refractivity contribution in [1.82, 2.24) is 4.90 Å². The Kier molecular flexibility index (Phi) is 4.77. The summed E-state index contributed by atoms with van der Waals surface area (Å²) >= 11 is 0. The van der Waals surface area contributed by atoms with Crippen molar-refractivity contribution in [3.63, 3.8) is 0 Å². The topological polar surface area (TPSA) is 46.6 Å². The molecule has 0 N–H and O–H groups in total. The van der Waals surface area contributed by atoms with Crippen molar-refractivity contribution in [3.8, 4) is 0 Å². The fourth-order valence-electron chi connectivity index (χ4n) is 2.56. The molecular formula is C16H21NO3. The molecule has 1 aliphatic heterocycles. The van der Waals surface area contributed by atoms with Gasteiger partial charge in [-0.1, -0.05) is 50.6 Å². The van der Waals surface area contributed by atoms with Gasteiger partial charge in [0, 0.05) is 5.92 Å². The maximum atomic E-state index is 12.4. The highest BCUT2D eigenvalue weighted by molar-refractivity contribution is 5.94. The first kappa shape index (κ1) is 14.6. The molecule has 2 atom stereocenters. The number of nitrogens with zero attached hydrogens (tertiary/aromatic N) is 1. The second-order valence-corrected chi connectivity index (χ2v) is 5.32. The first-order valence-corrected chi connectivity index (χ1v) is 7.17. The molecule has 20 heavy (non-hydrogen) atoms. The first-order chi connectivity index (χ1) is 9.63. The maximum Gasteiger partial charge on any atom is 0.416 e. The number of carbonyl (C=O) groups excluding carboxylic acids is 2. The predicted octanol–water partition coefficient (Wildman–Crippen LogP) is 3.01. The van der Waals surface area contributed by atoms with Crippen molar-refractivity contribution in [2.45, 2.75) is 39.2 Å². The first-order valence-electron chi connectivity index (χ1n) is 7.17. The number of hydrogen-bond acceptors (Lipinski definition) is 3. The van der Waals surface area contributed by atoms with E-state index in [0.29, 0.717) is 6.42 Å². The molecule has 2 unspecified atom stereocenters. The number of amides is 2. The van der Waals surface area contributed by atoms with Gasteiger partial charge >= 0.3 is 6.09 Å². The van der Waals surface area contributed by atoms with E-state index < -0.39 is 6.09 Å². The van der Waals surface area contributed by atoms with Gasteiger partial charge in [-0.15, -0.1) is 0 Å². The van der Waals surface area contributed by atoms with Gasteiger partial charge in [0.15, 0.2) is 0 Å². The van der Waals surface area contributed by atoms with E-state index in [4.69, 9.17) is 4.74 Å². The second-order valence-electron chi connectivity index (χ2n) is 5.32. The minimum Gasteiger partial charge on any atom is -0.447 e. The third kappa shape index (κ3) is 3.18. The summed E-state index contributed by atoms with van der Waals surface area (Å²) in [6, 6.07) is 9.68. The highest BCUT2D eigenvalue weighted by Gasteiger charge is 2.39. The van der Waals surface area contributed by atoms with Crippen LogP contribution in [0.2, 0.25) is 0 Å². The van der Waals surface area contributed by atoms with Gasteiger partial charge in [0.2, 0.25) is 5.91 Å². The Bertz CT molecular complexity index is 472. The van der Waals surface area contributed by atoms with Gasteiger partial charge in [-0.25, -0.2) is 9.69 Å². The van der Waals surface area contributed by atoms with Crippen LogP contribution in [0.3, 0.4) is 0 Å². The van der Waals surface area contributed by atoms with Crippen LogP contribution in [-0.2, 0) is 16.0 Å². The zero-order chi connectivity index (χ0) is 14.5. The molecule has 0 saturated carbocycles. The monoisotopic (exact) mass is 275 g/mol. The number of benzene rings is 1. The van der Waals surface area contributed by atoms with Crippen LogP contribution < -0.4 is 0 Å². The van der Waals surface area contributed by atoms with E-state index in [1.54, 1.807) is 0 Å². The van der Waals surface area contributed by atoms with Crippen LogP contribution in [0, 0.1) is 5.92 Å². The van der Waals surface area contributed by atoms with E-state index in [0.717, 1.165) is 18.4 Å². The Morgan fingerprint density at radius 3 is 2.75 bits per heavy atom. The lowest BCUT2D eigenvalue weighted by Crippen LogP contribution is -2.42. The molecule has 0 aliphatic carbocycles. The van der Waals surface area contributed by atoms with Crippen LogP contribution in [0.1, 0.15) is 32.3 Å². The quantitative estimate of drug-likeness (QED) is 0.830. The molecule has 1 aliphatic rings. The summed E-state index contributed by atoms with van der Waals surface area (Å²) in [6.07, 6.45) is 1.87. The van der Waals surface area contributed by atoms with Crippen LogP contribution in [0.4, 0.5) is 4.79 Å². The Morgan fingerprint density at radius 1 is 1.40 bits per heavy atom. The summed E-state index contributed by atoms with van der Waals surface area (Å²) in [5.41, 5.74) is 1.11. The molecule has 0 radical (unpaired) electrons. The molecule has 0 spiro atoms. The number of ether oxygens (including phenoxy) is 1. The Balaban J connectivity index is 2.08. The van der Waals surface area contributed by atoms with Crippen LogP contribution in [0.15, 0.2) is 30.3 Å². The van der Waals surface area contributed by atoms with Gasteiger partial charge in [-0.3, -0.25) is 4.79 Å². The van der Waals surface area contributed by atoms with Crippen LogP contribution in [0.5, 0.6) is 0 Å². The average Bonchev–Trinajstić information content (AvgIpc) is 2.80. The molecule has 1 aromatic carbocycles. The summed E-state index contributed by atoms with van der Waals surface area (Å²) in [6.45, 7) is 4.20. The lowest BCUT2D eigenvalue weighted by atomic mass is 10.0. The van der Waals surface area contributed by atoms with E-state index >= 15 is 0 Å². The third-order valence-electron chi connectivity index (χ3n) is 3.66. The molecule has 0 aromatic heterocycles. The Hall–Kier alpha value is -1.84. The van der Waals surface area contributed by atoms with Crippen molar-refractivity contribution >= 4 is 12.0 Å². The molecule has 1 aromatic rings. The lowest BCUT2D eigenvalue weighted by molar-refractivity contribution is -0.133. The highest BCUT2D eigenvalue weighted by atomic mass is 16.6. The van der Waals surface area contributed by atoms with E-state index in [2.05, 4.69) is 0 Å². The summed E-state index contributed by atoms with van der Waals surface area (Å²) in [5.74, 6) is -0.251. The summed E-state index contributed by atoms with van der Waals surface area (Å²) < 4.78 is 5.07. The molecule has 108 valence electrons. The number of cyclic esters (lactones) is 1. The number of rotatable bonds is 5. The maximum absolute atomic E-state index is 12.4. The van der Waals surface area contributed by atoms with Gasteiger partial charge in [-0.2, -0.15) is 0 Å². The van der Waals surface area contributed by atoms with Crippen LogP contribution in [0.25, 0.3) is 0 Å². The van der Waals surface area contributed by atoms with Gasteiger partial charge in [0.05, 0.1) is 6.04 Å². The Labute approximate surface area is 119 Å². The van der Waals surface area contributed by atoms with Crippen molar-refractivity contribution in [2.24, 2.45) is 5.92 Å². The number of imide groups is 1. The van der Waals surface area contributed by atoms with Crippen molar-refractivity contribution in [1.29, 1.82) is 0 Å². The normalized spacial score (nSPS) is 19.8. The van der Waals surface area contributed by atoms with Gasteiger partial charge in [0.25, 0.3) is 0 Å². The Morgan fingerprint density at radius 2 is 2.10 bits per heavy atom. The zero-order valence-electron chi connectivity index (χ0n) is 12.0. The van der Waals surface area contributed by atoms with E-state index in [-0.39, 0.29) is 24.5 Å². The average molecular weight is 275 g/mol. The van der Waals surface area contributed by atoms with Gasteiger partial charge in [-0.05, 0) is 18.4 Å². The summed E-state index contributed by atoms with van der Waals surface area (Å²) in [7, 11) is 0. The minimum atomic E-state index is -0.501. The smallest absolute Gasteiger partial charge is 0.416 e. The standard InChI is InChI=1S/C16H21NO3/c1-3-7-12(2)15(18)17-14(11-20-16(17)19)10-13-8-5-4-6-9-13/h4-6,8-9,12,14H,3,7,10-11H2,1-2H3. The number of hydrogen-bond donors (Lipinski definition) is 0. The minimum absolute atomic E-state index is 0.115. The highest BCUT2D eigenvalue weighted by Crippen LogP contribution is 2.21. The zero-order valence-corrected chi connectivity index (χ0v) is 12.0. The van der Waals surface area contributed by atoms with Crippen molar-refractivity contribution in [3.05, 3.63) is 35.9 Å². The number of carbonyl (C=O) groups is 2. The van der Waals surface area contributed by atoms with Crippen LogP contribution in [-0.4, -0.2) is 29.5 Å². The molecular weight excluding hydrogens is 254 g/mol. The van der Waals surface area contributed by atoms with Gasteiger partial charge in [0.1, 0.15) is 6.61 Å². The SMILES string of the molecule is CCCC(C)C(=O)N1C(=O)OCC1Cc1ccccc1. The summed E-state index contributed by atoms with van der Waals surface area (Å²) in [4.78, 5) is 25.5. The van der Waals surface area contributed by atoms with Crippen molar-refractivity contribution in [2.75, 3.05) is 6.61 Å².